The van der Waals surface area contributed by atoms with Gasteiger partial charge in [-0.1, -0.05) is 25.4 Å². The Balaban J connectivity index is 2.44. The zero-order valence-corrected chi connectivity index (χ0v) is 19.5. The topological polar surface area (TPSA) is 128 Å². The summed E-state index contributed by atoms with van der Waals surface area (Å²) in [4.78, 5) is 49.2. The van der Waals surface area contributed by atoms with Crippen LogP contribution >= 0.6 is 23.8 Å². The molecule has 0 amide bonds. The van der Waals surface area contributed by atoms with E-state index in [1.165, 1.54) is 21.0 Å². The van der Waals surface area contributed by atoms with Crippen molar-refractivity contribution in [2.24, 2.45) is 25.7 Å². The SMILES string of the molecule is CC(Oc1cc(-n2c(=O)n(C)c(=S)n(C)c2=O)c(F)cc1Cl)C(=O)OC(=O)C(N)C(C)C. The van der Waals surface area contributed by atoms with Gasteiger partial charge >= 0.3 is 23.3 Å². The Morgan fingerprint density at radius 2 is 1.62 bits per heavy atom. The summed E-state index contributed by atoms with van der Waals surface area (Å²) in [5.41, 5.74) is 3.38. The fourth-order valence-electron chi connectivity index (χ4n) is 2.52. The number of nitrogens with zero attached hydrogens (tertiary/aromatic N) is 3. The van der Waals surface area contributed by atoms with E-state index >= 15 is 0 Å². The monoisotopic (exact) mass is 488 g/mol. The maximum Gasteiger partial charge on any atom is 0.354 e. The molecular formula is C19H22ClFN4O6S. The lowest BCUT2D eigenvalue weighted by molar-refractivity contribution is -0.165. The molecule has 0 bridgehead atoms. The molecular weight excluding hydrogens is 467 g/mol. The zero-order chi connectivity index (χ0) is 24.5. The van der Waals surface area contributed by atoms with E-state index < -0.39 is 47.0 Å². The highest BCUT2D eigenvalue weighted by Gasteiger charge is 2.27. The summed E-state index contributed by atoms with van der Waals surface area (Å²) in [6, 6.07) is 0.787. The molecule has 0 saturated heterocycles. The van der Waals surface area contributed by atoms with Crippen molar-refractivity contribution in [2.75, 3.05) is 0 Å². The minimum absolute atomic E-state index is 0.0669. The summed E-state index contributed by atoms with van der Waals surface area (Å²) in [6.07, 6.45) is -1.35. The molecule has 0 aliphatic carbocycles. The van der Waals surface area contributed by atoms with E-state index in [1.807, 2.05) is 0 Å². The van der Waals surface area contributed by atoms with Crippen LogP contribution in [0, 0.1) is 16.5 Å². The average Bonchev–Trinajstić information content (AvgIpc) is 2.72. The average molecular weight is 489 g/mol. The third kappa shape index (κ3) is 4.97. The van der Waals surface area contributed by atoms with E-state index in [2.05, 4.69) is 0 Å². The van der Waals surface area contributed by atoms with Crippen molar-refractivity contribution in [3.63, 3.8) is 0 Å². The highest BCUT2D eigenvalue weighted by atomic mass is 35.5. The molecule has 13 heteroatoms. The predicted molar refractivity (Wildman–Crippen MR) is 116 cm³/mol. The zero-order valence-electron chi connectivity index (χ0n) is 17.9. The van der Waals surface area contributed by atoms with Gasteiger partial charge in [-0.3, -0.25) is 9.13 Å². The van der Waals surface area contributed by atoms with Crippen LogP contribution < -0.4 is 21.9 Å². The molecule has 0 aliphatic heterocycles. The van der Waals surface area contributed by atoms with Crippen LogP contribution in [-0.4, -0.2) is 37.8 Å². The number of rotatable bonds is 6. The molecule has 2 unspecified atom stereocenters. The van der Waals surface area contributed by atoms with E-state index in [0.717, 1.165) is 21.3 Å². The summed E-state index contributed by atoms with van der Waals surface area (Å²) in [5.74, 6) is -3.47. The van der Waals surface area contributed by atoms with Crippen molar-refractivity contribution in [3.05, 3.63) is 48.7 Å². The first-order valence-electron chi connectivity index (χ1n) is 9.34. The minimum atomic E-state index is -1.35. The van der Waals surface area contributed by atoms with Crippen molar-refractivity contribution in [2.45, 2.75) is 32.9 Å². The van der Waals surface area contributed by atoms with Crippen LogP contribution in [0.25, 0.3) is 5.69 Å². The number of aromatic nitrogens is 3. The third-order valence-corrected chi connectivity index (χ3v) is 5.44. The van der Waals surface area contributed by atoms with Gasteiger partial charge in [-0.2, -0.15) is 0 Å². The fourth-order valence-corrected chi connectivity index (χ4v) is 2.87. The van der Waals surface area contributed by atoms with E-state index in [9.17, 15) is 23.6 Å². The Hall–Kier alpha value is -2.83. The maximum absolute atomic E-state index is 14.6. The van der Waals surface area contributed by atoms with Crippen LogP contribution in [0.3, 0.4) is 0 Å². The Bertz CT molecular complexity index is 1210. The number of nitrogens with two attached hydrogens (primary N) is 1. The third-order valence-electron chi connectivity index (χ3n) is 4.60. The molecule has 1 aromatic carbocycles. The molecule has 2 atom stereocenters. The van der Waals surface area contributed by atoms with Gasteiger partial charge in [0.2, 0.25) is 0 Å². The molecule has 1 heterocycles. The Morgan fingerprint density at radius 1 is 1.09 bits per heavy atom. The normalized spacial score (nSPS) is 13.0. The first-order chi connectivity index (χ1) is 14.8. The molecule has 2 aromatic rings. The number of ether oxygens (including phenoxy) is 2. The van der Waals surface area contributed by atoms with Gasteiger partial charge in [-0.15, -0.1) is 0 Å². The van der Waals surface area contributed by atoms with Crippen molar-refractivity contribution in [3.8, 4) is 11.4 Å². The first-order valence-corrected chi connectivity index (χ1v) is 10.1. The van der Waals surface area contributed by atoms with Crippen LogP contribution in [0.15, 0.2) is 21.7 Å². The molecule has 0 saturated carbocycles. The fraction of sp³-hybridized carbons (Fsp3) is 0.421. The van der Waals surface area contributed by atoms with E-state index in [-0.39, 0.29) is 21.5 Å². The second kappa shape index (κ2) is 9.76. The van der Waals surface area contributed by atoms with Crippen LogP contribution in [0.1, 0.15) is 20.8 Å². The molecule has 0 aliphatic rings. The van der Waals surface area contributed by atoms with Crippen LogP contribution in [-0.2, 0) is 28.4 Å². The summed E-state index contributed by atoms with van der Waals surface area (Å²) in [5, 5.41) is -0.245. The lowest BCUT2D eigenvalue weighted by Crippen LogP contribution is -2.43. The number of benzene rings is 1. The predicted octanol–water partition coefficient (Wildman–Crippen LogP) is 1.22. The molecule has 0 fully saturated rings. The van der Waals surface area contributed by atoms with Crippen molar-refractivity contribution >= 4 is 35.8 Å². The lowest BCUT2D eigenvalue weighted by atomic mass is 10.1. The second-order valence-electron chi connectivity index (χ2n) is 7.31. The lowest BCUT2D eigenvalue weighted by Gasteiger charge is -2.18. The standard InChI is InChI=1S/C19H22ClFN4O6S/c1-8(2)14(22)16(27)31-15(26)9(3)30-13-7-12(11(21)6-10(13)20)25-17(28)23(4)19(32)24(5)18(25)29/h6-9,14H,22H2,1-5H3. The Labute approximate surface area is 191 Å². The van der Waals surface area contributed by atoms with Gasteiger partial charge in [0.15, 0.2) is 10.9 Å². The first kappa shape index (κ1) is 25.4. The quantitative estimate of drug-likeness (QED) is 0.365. The highest BCUT2D eigenvalue weighted by Crippen LogP contribution is 2.30. The van der Waals surface area contributed by atoms with Crippen LogP contribution in [0.4, 0.5) is 4.39 Å². The van der Waals surface area contributed by atoms with Crippen LogP contribution in [0.2, 0.25) is 5.02 Å². The highest BCUT2D eigenvalue weighted by molar-refractivity contribution is 7.71. The number of carbonyl (C=O) groups is 2. The largest absolute Gasteiger partial charge is 0.477 e. The van der Waals surface area contributed by atoms with Gasteiger partial charge in [0.25, 0.3) is 0 Å². The molecule has 174 valence electrons. The minimum Gasteiger partial charge on any atom is -0.477 e. The maximum atomic E-state index is 14.6. The summed E-state index contributed by atoms with van der Waals surface area (Å²) in [7, 11) is 2.64. The molecule has 2 N–H and O–H groups in total. The van der Waals surface area contributed by atoms with Crippen LogP contribution in [0.5, 0.6) is 5.75 Å². The van der Waals surface area contributed by atoms with Crippen molar-refractivity contribution in [1.82, 2.24) is 13.7 Å². The number of hydrogen-bond donors (Lipinski definition) is 1. The van der Waals surface area contributed by atoms with Gasteiger partial charge in [0.05, 0.1) is 10.7 Å². The van der Waals surface area contributed by atoms with Gasteiger partial charge in [0.1, 0.15) is 17.6 Å². The van der Waals surface area contributed by atoms with Gasteiger partial charge in [0, 0.05) is 20.2 Å². The van der Waals surface area contributed by atoms with E-state index in [4.69, 9.17) is 39.0 Å². The number of halogens is 2. The molecule has 2 rings (SSSR count). The molecule has 10 nitrogen and oxygen atoms in total. The van der Waals surface area contributed by atoms with Crippen molar-refractivity contribution in [1.29, 1.82) is 0 Å². The van der Waals surface area contributed by atoms with Gasteiger partial charge < -0.3 is 15.2 Å². The number of esters is 2. The molecule has 0 radical (unpaired) electrons. The van der Waals surface area contributed by atoms with Crippen molar-refractivity contribution < 1.29 is 23.5 Å². The van der Waals surface area contributed by atoms with E-state index in [0.29, 0.717) is 4.57 Å². The summed E-state index contributed by atoms with van der Waals surface area (Å²) >= 11 is 11.0. The number of hydrogen-bond acceptors (Lipinski definition) is 8. The second-order valence-corrected chi connectivity index (χ2v) is 8.08. The molecule has 32 heavy (non-hydrogen) atoms. The smallest absolute Gasteiger partial charge is 0.354 e. The van der Waals surface area contributed by atoms with Gasteiger partial charge in [-0.25, -0.2) is 28.1 Å². The van der Waals surface area contributed by atoms with Gasteiger partial charge in [-0.05, 0) is 31.1 Å². The Kier molecular flexibility index (Phi) is 7.75. The molecule has 0 spiro atoms. The molecule has 1 aromatic heterocycles. The Morgan fingerprint density at radius 3 is 2.12 bits per heavy atom. The summed E-state index contributed by atoms with van der Waals surface area (Å²) in [6.45, 7) is 4.63. The van der Waals surface area contributed by atoms with E-state index in [1.54, 1.807) is 13.8 Å². The number of carbonyl (C=O) groups excluding carboxylic acids is 2. The summed E-state index contributed by atoms with van der Waals surface area (Å²) < 4.78 is 27.2.